The molecule has 0 saturated carbocycles. The summed E-state index contributed by atoms with van der Waals surface area (Å²) < 4.78 is 26.1. The van der Waals surface area contributed by atoms with Crippen molar-refractivity contribution in [2.45, 2.75) is 24.4 Å². The Morgan fingerprint density at radius 2 is 2.15 bits per heavy atom. The van der Waals surface area contributed by atoms with E-state index in [1.807, 2.05) is 6.92 Å². The number of nitrogens with one attached hydrogen (secondary N) is 1. The lowest BCUT2D eigenvalue weighted by molar-refractivity contribution is 0.165. The first-order chi connectivity index (χ1) is 9.46. The number of thiocarbonyl (C=S) groups is 1. The summed E-state index contributed by atoms with van der Waals surface area (Å²) in [4.78, 5) is 9.01. The molecule has 0 spiro atoms. The molecular formula is C11H19N5O2S2. The van der Waals surface area contributed by atoms with Crippen molar-refractivity contribution in [2.75, 3.05) is 26.2 Å². The van der Waals surface area contributed by atoms with E-state index in [1.165, 1.54) is 16.8 Å². The highest BCUT2D eigenvalue weighted by molar-refractivity contribution is 7.89. The number of piperazine rings is 1. The quantitative estimate of drug-likeness (QED) is 0.729. The van der Waals surface area contributed by atoms with Gasteiger partial charge in [-0.3, -0.25) is 4.90 Å². The molecule has 1 unspecified atom stereocenters. The third kappa shape index (κ3) is 3.00. The van der Waals surface area contributed by atoms with Crippen LogP contribution >= 0.6 is 12.2 Å². The molecule has 0 amide bonds. The zero-order chi connectivity index (χ0) is 14.8. The maximum atomic E-state index is 12.3. The number of hydrogen-bond donors (Lipinski definition) is 2. The lowest BCUT2D eigenvalue weighted by Crippen LogP contribution is -2.54. The zero-order valence-electron chi connectivity index (χ0n) is 11.3. The third-order valence-electron chi connectivity index (χ3n) is 3.52. The average molecular weight is 317 g/mol. The second-order valence-corrected chi connectivity index (χ2v) is 7.06. The van der Waals surface area contributed by atoms with Gasteiger partial charge in [0.2, 0.25) is 0 Å². The van der Waals surface area contributed by atoms with Crippen LogP contribution in [0.15, 0.2) is 17.6 Å². The second-order valence-electron chi connectivity index (χ2n) is 4.68. The lowest BCUT2D eigenvalue weighted by Gasteiger charge is -2.37. The maximum absolute atomic E-state index is 12.3. The molecule has 1 aromatic heterocycles. The van der Waals surface area contributed by atoms with Gasteiger partial charge in [0, 0.05) is 26.2 Å². The molecule has 9 heteroatoms. The van der Waals surface area contributed by atoms with Gasteiger partial charge in [-0.05, 0) is 6.42 Å². The van der Waals surface area contributed by atoms with Gasteiger partial charge in [0.15, 0.2) is 5.03 Å². The second kappa shape index (κ2) is 6.17. The van der Waals surface area contributed by atoms with Crippen LogP contribution in [-0.2, 0) is 10.0 Å². The van der Waals surface area contributed by atoms with Crippen LogP contribution in [0.2, 0.25) is 0 Å². The number of imidazole rings is 1. The van der Waals surface area contributed by atoms with Crippen LogP contribution in [0, 0.1) is 0 Å². The summed E-state index contributed by atoms with van der Waals surface area (Å²) in [5, 5.41) is 0.132. The molecule has 3 N–H and O–H groups in total. The highest BCUT2D eigenvalue weighted by atomic mass is 32.2. The Balaban J connectivity index is 2.03. The molecule has 0 bridgehead atoms. The van der Waals surface area contributed by atoms with E-state index in [2.05, 4.69) is 14.9 Å². The van der Waals surface area contributed by atoms with Gasteiger partial charge in [-0.1, -0.05) is 19.1 Å². The average Bonchev–Trinajstić information content (AvgIpc) is 2.94. The van der Waals surface area contributed by atoms with Crippen molar-refractivity contribution in [3.05, 3.63) is 12.5 Å². The monoisotopic (exact) mass is 317 g/mol. The van der Waals surface area contributed by atoms with Crippen molar-refractivity contribution in [1.82, 2.24) is 19.2 Å². The van der Waals surface area contributed by atoms with E-state index in [9.17, 15) is 8.42 Å². The smallest absolute Gasteiger partial charge is 0.260 e. The van der Waals surface area contributed by atoms with Crippen LogP contribution in [-0.4, -0.2) is 64.8 Å². The molecule has 20 heavy (non-hydrogen) atoms. The number of nitrogens with zero attached hydrogens (tertiary/aromatic N) is 3. The summed E-state index contributed by atoms with van der Waals surface area (Å²) in [5.74, 6) is 0. The van der Waals surface area contributed by atoms with Gasteiger partial charge in [-0.25, -0.2) is 13.4 Å². The topological polar surface area (TPSA) is 95.3 Å². The van der Waals surface area contributed by atoms with E-state index in [-0.39, 0.29) is 11.1 Å². The van der Waals surface area contributed by atoms with E-state index in [0.29, 0.717) is 31.2 Å². The number of nitrogens with two attached hydrogens (primary N) is 1. The molecule has 112 valence electrons. The van der Waals surface area contributed by atoms with Crippen LogP contribution in [0.3, 0.4) is 0 Å². The summed E-state index contributed by atoms with van der Waals surface area (Å²) in [6.07, 6.45) is 3.53. The largest absolute Gasteiger partial charge is 0.392 e. The summed E-state index contributed by atoms with van der Waals surface area (Å²) in [6.45, 7) is 4.14. The van der Waals surface area contributed by atoms with Crippen LogP contribution in [0.4, 0.5) is 0 Å². The Bertz CT molecular complexity index is 549. The van der Waals surface area contributed by atoms with Crippen molar-refractivity contribution in [1.29, 1.82) is 0 Å². The zero-order valence-corrected chi connectivity index (χ0v) is 13.0. The molecule has 1 saturated heterocycles. The molecule has 1 fully saturated rings. The fourth-order valence-corrected chi connectivity index (χ4v) is 4.05. The molecular weight excluding hydrogens is 298 g/mol. The fourth-order valence-electron chi connectivity index (χ4n) is 2.42. The van der Waals surface area contributed by atoms with Crippen molar-refractivity contribution < 1.29 is 8.42 Å². The number of aromatic amines is 1. The Labute approximate surface area is 124 Å². The van der Waals surface area contributed by atoms with E-state index < -0.39 is 10.0 Å². The number of aromatic nitrogens is 2. The van der Waals surface area contributed by atoms with Gasteiger partial charge in [0.1, 0.15) is 0 Å². The van der Waals surface area contributed by atoms with Crippen molar-refractivity contribution >= 4 is 27.2 Å². The number of H-pyrrole nitrogens is 1. The minimum Gasteiger partial charge on any atom is -0.392 e. The van der Waals surface area contributed by atoms with E-state index in [0.717, 1.165) is 6.42 Å². The van der Waals surface area contributed by atoms with Crippen LogP contribution in [0.25, 0.3) is 0 Å². The molecule has 7 nitrogen and oxygen atoms in total. The van der Waals surface area contributed by atoms with Gasteiger partial charge in [-0.2, -0.15) is 4.31 Å². The Morgan fingerprint density at radius 1 is 1.50 bits per heavy atom. The van der Waals surface area contributed by atoms with E-state index >= 15 is 0 Å². The predicted octanol–water partition coefficient (Wildman–Crippen LogP) is -0.219. The lowest BCUT2D eigenvalue weighted by atomic mass is 10.1. The van der Waals surface area contributed by atoms with E-state index in [1.54, 1.807) is 0 Å². The van der Waals surface area contributed by atoms with Crippen LogP contribution < -0.4 is 5.73 Å². The number of hydrogen-bond acceptors (Lipinski definition) is 5. The summed E-state index contributed by atoms with van der Waals surface area (Å²) in [7, 11) is -3.47. The number of rotatable bonds is 5. The summed E-state index contributed by atoms with van der Waals surface area (Å²) in [5.41, 5.74) is 5.72. The highest BCUT2D eigenvalue weighted by Gasteiger charge is 2.31. The SMILES string of the molecule is CCC(C(N)=S)N1CCN(S(=O)(=O)c2cnc[nH]2)CC1. The van der Waals surface area contributed by atoms with Gasteiger partial charge in [0.05, 0.1) is 23.6 Å². The highest BCUT2D eigenvalue weighted by Crippen LogP contribution is 2.17. The van der Waals surface area contributed by atoms with Crippen LogP contribution in [0.5, 0.6) is 0 Å². The van der Waals surface area contributed by atoms with Gasteiger partial charge >= 0.3 is 0 Å². The molecule has 0 aromatic carbocycles. The van der Waals surface area contributed by atoms with E-state index in [4.69, 9.17) is 18.0 Å². The molecule has 1 atom stereocenters. The fraction of sp³-hybridized carbons (Fsp3) is 0.636. The van der Waals surface area contributed by atoms with Crippen molar-refractivity contribution in [2.24, 2.45) is 5.73 Å². The Hall–Kier alpha value is -1.03. The summed E-state index contributed by atoms with van der Waals surface area (Å²) >= 11 is 5.06. The molecule has 1 aliphatic rings. The van der Waals surface area contributed by atoms with Crippen molar-refractivity contribution in [3.8, 4) is 0 Å². The normalized spacial score (nSPS) is 19.9. The maximum Gasteiger partial charge on any atom is 0.260 e. The minimum absolute atomic E-state index is 0.0435. The first-order valence-corrected chi connectivity index (χ1v) is 8.33. The molecule has 2 rings (SSSR count). The molecule has 1 aromatic rings. The first-order valence-electron chi connectivity index (χ1n) is 6.48. The van der Waals surface area contributed by atoms with Crippen LogP contribution in [0.1, 0.15) is 13.3 Å². The Morgan fingerprint density at radius 3 is 2.60 bits per heavy atom. The molecule has 0 aliphatic carbocycles. The molecule has 0 radical (unpaired) electrons. The van der Waals surface area contributed by atoms with Crippen molar-refractivity contribution in [3.63, 3.8) is 0 Å². The summed E-state index contributed by atoms with van der Waals surface area (Å²) in [6, 6.07) is 0.0435. The van der Waals surface area contributed by atoms with Gasteiger partial charge in [0.25, 0.3) is 10.0 Å². The minimum atomic E-state index is -3.47. The molecule has 2 heterocycles. The van der Waals surface area contributed by atoms with Gasteiger partial charge < -0.3 is 10.7 Å². The standard InChI is InChI=1S/C11H19N5O2S2/c1-2-9(11(12)19)15-3-5-16(6-4-15)20(17,18)10-7-13-8-14-10/h7-9H,2-6H2,1H3,(H2,12,19)(H,13,14). The third-order valence-corrected chi connectivity index (χ3v) is 5.62. The predicted molar refractivity (Wildman–Crippen MR) is 79.8 cm³/mol. The molecule has 1 aliphatic heterocycles. The van der Waals surface area contributed by atoms with Gasteiger partial charge in [-0.15, -0.1) is 0 Å². The first kappa shape index (κ1) is 15.4. The Kier molecular flexibility index (Phi) is 4.74. The number of sulfonamides is 1.